The third-order valence-corrected chi connectivity index (χ3v) is 4.77. The van der Waals surface area contributed by atoms with Gasteiger partial charge in [0.15, 0.2) is 0 Å². The first-order valence-electron chi connectivity index (χ1n) is 7.28. The van der Waals surface area contributed by atoms with E-state index in [0.717, 1.165) is 12.8 Å². The van der Waals surface area contributed by atoms with Crippen molar-refractivity contribution in [2.75, 3.05) is 7.05 Å². The summed E-state index contributed by atoms with van der Waals surface area (Å²) in [5, 5.41) is 9.51. The van der Waals surface area contributed by atoms with Crippen molar-refractivity contribution in [2.45, 2.75) is 37.5 Å². The van der Waals surface area contributed by atoms with Gasteiger partial charge in [-0.05, 0) is 32.0 Å². The topological polar surface area (TPSA) is 66.8 Å². The van der Waals surface area contributed by atoms with Crippen LogP contribution in [0, 0.1) is 5.92 Å². The number of carbonyl (C=O) groups is 2. The van der Waals surface area contributed by atoms with Gasteiger partial charge in [-0.25, -0.2) is 4.79 Å². The van der Waals surface area contributed by atoms with E-state index in [1.54, 1.807) is 24.3 Å². The maximum atomic E-state index is 12.2. The average molecular weight is 326 g/mol. The van der Waals surface area contributed by atoms with Crippen molar-refractivity contribution >= 4 is 24.3 Å². The second-order valence-corrected chi connectivity index (χ2v) is 5.87. The normalized spacial score (nSPS) is 30.4. The van der Waals surface area contributed by atoms with Crippen molar-refractivity contribution in [1.82, 2.24) is 4.90 Å². The molecule has 0 aromatic heterocycles. The molecule has 0 saturated carbocycles. The van der Waals surface area contributed by atoms with Crippen molar-refractivity contribution in [1.29, 1.82) is 0 Å². The standard InChI is InChI=1S/C16H19NO4.ClH/c1-17-11-7-8-12(17)14(15(18)19)13(9-11)21-16(20)10-5-3-2-4-6-10;/h2-6,11-14H,7-9H2,1H3,(H,18,19);1H. The minimum atomic E-state index is -0.877. The minimum Gasteiger partial charge on any atom is -0.481 e. The molecule has 2 fully saturated rings. The Morgan fingerprint density at radius 1 is 1.23 bits per heavy atom. The highest BCUT2D eigenvalue weighted by Gasteiger charge is 2.50. The van der Waals surface area contributed by atoms with Gasteiger partial charge >= 0.3 is 11.9 Å². The van der Waals surface area contributed by atoms with Gasteiger partial charge in [-0.2, -0.15) is 0 Å². The predicted octanol–water partition coefficient (Wildman–Crippen LogP) is 2.20. The van der Waals surface area contributed by atoms with Crippen LogP contribution in [0.15, 0.2) is 30.3 Å². The third kappa shape index (κ3) is 2.96. The van der Waals surface area contributed by atoms with E-state index in [-0.39, 0.29) is 18.4 Å². The number of carbonyl (C=O) groups excluding carboxylic acids is 1. The Bertz CT molecular complexity index is 550. The SMILES string of the molecule is CN1C2CCC1C(C(=O)O)C(OC(=O)c1ccccc1)C2.Cl. The molecule has 2 bridgehead atoms. The Morgan fingerprint density at radius 3 is 2.55 bits per heavy atom. The zero-order valence-corrected chi connectivity index (χ0v) is 13.2. The first-order chi connectivity index (χ1) is 10.1. The molecule has 3 rings (SSSR count). The summed E-state index contributed by atoms with van der Waals surface area (Å²) >= 11 is 0. The molecule has 22 heavy (non-hydrogen) atoms. The van der Waals surface area contributed by atoms with Gasteiger partial charge in [-0.3, -0.25) is 9.69 Å². The summed E-state index contributed by atoms with van der Waals surface area (Å²) in [5.41, 5.74) is 0.466. The van der Waals surface area contributed by atoms with E-state index >= 15 is 0 Å². The van der Waals surface area contributed by atoms with E-state index < -0.39 is 24.0 Å². The number of benzene rings is 1. The van der Waals surface area contributed by atoms with Crippen LogP contribution in [-0.4, -0.2) is 47.2 Å². The van der Waals surface area contributed by atoms with Crippen molar-refractivity contribution in [3.8, 4) is 0 Å². The molecule has 2 aliphatic heterocycles. The first-order valence-corrected chi connectivity index (χ1v) is 7.28. The third-order valence-electron chi connectivity index (χ3n) is 4.77. The maximum Gasteiger partial charge on any atom is 0.338 e. The lowest BCUT2D eigenvalue weighted by Gasteiger charge is -2.40. The van der Waals surface area contributed by atoms with Crippen LogP contribution >= 0.6 is 12.4 Å². The number of piperidine rings is 1. The lowest BCUT2D eigenvalue weighted by molar-refractivity contribution is -0.152. The molecule has 1 N–H and O–H groups in total. The number of aliphatic carboxylic acids is 1. The molecule has 2 aliphatic rings. The number of rotatable bonds is 3. The van der Waals surface area contributed by atoms with Crippen molar-refractivity contribution < 1.29 is 19.4 Å². The largest absolute Gasteiger partial charge is 0.481 e. The van der Waals surface area contributed by atoms with E-state index in [4.69, 9.17) is 4.74 Å². The number of halogens is 1. The lowest BCUT2D eigenvalue weighted by Crippen LogP contribution is -2.53. The fourth-order valence-corrected chi connectivity index (χ4v) is 3.65. The second-order valence-electron chi connectivity index (χ2n) is 5.87. The Hall–Kier alpha value is -1.59. The summed E-state index contributed by atoms with van der Waals surface area (Å²) in [7, 11) is 1.97. The van der Waals surface area contributed by atoms with Crippen LogP contribution in [0.25, 0.3) is 0 Å². The molecule has 6 heteroatoms. The van der Waals surface area contributed by atoms with Crippen LogP contribution < -0.4 is 0 Å². The van der Waals surface area contributed by atoms with Crippen molar-refractivity contribution in [2.24, 2.45) is 5.92 Å². The van der Waals surface area contributed by atoms with E-state index in [1.807, 2.05) is 13.1 Å². The summed E-state index contributed by atoms with van der Waals surface area (Å²) in [4.78, 5) is 25.9. The van der Waals surface area contributed by atoms with Crippen LogP contribution in [-0.2, 0) is 9.53 Å². The van der Waals surface area contributed by atoms with Gasteiger partial charge in [-0.1, -0.05) is 18.2 Å². The van der Waals surface area contributed by atoms with E-state index in [0.29, 0.717) is 18.0 Å². The zero-order chi connectivity index (χ0) is 15.0. The number of fused-ring (bicyclic) bond motifs is 2. The summed E-state index contributed by atoms with van der Waals surface area (Å²) in [6, 6.07) is 9.01. The fraction of sp³-hybridized carbons (Fsp3) is 0.500. The van der Waals surface area contributed by atoms with Crippen molar-refractivity contribution in [3.05, 3.63) is 35.9 Å². The highest BCUT2D eigenvalue weighted by molar-refractivity contribution is 5.89. The van der Waals surface area contributed by atoms with Gasteiger partial charge in [0.25, 0.3) is 0 Å². The number of ether oxygens (including phenoxy) is 1. The predicted molar refractivity (Wildman–Crippen MR) is 83.2 cm³/mol. The zero-order valence-electron chi connectivity index (χ0n) is 12.3. The summed E-state index contributed by atoms with van der Waals surface area (Å²) < 4.78 is 5.53. The van der Waals surface area contributed by atoms with Gasteiger partial charge in [0.1, 0.15) is 12.0 Å². The van der Waals surface area contributed by atoms with Crippen molar-refractivity contribution in [3.63, 3.8) is 0 Å². The van der Waals surface area contributed by atoms with E-state index in [1.165, 1.54) is 0 Å². The number of carboxylic acid groups (broad SMARTS) is 1. The quantitative estimate of drug-likeness (QED) is 0.863. The molecular weight excluding hydrogens is 306 g/mol. The highest BCUT2D eigenvalue weighted by Crippen LogP contribution is 2.39. The Labute approximate surface area is 135 Å². The molecule has 0 amide bonds. The number of carboxylic acids is 1. The highest BCUT2D eigenvalue weighted by atomic mass is 35.5. The van der Waals surface area contributed by atoms with E-state index in [2.05, 4.69) is 4.90 Å². The minimum absolute atomic E-state index is 0. The van der Waals surface area contributed by atoms with E-state index in [9.17, 15) is 14.7 Å². The smallest absolute Gasteiger partial charge is 0.338 e. The van der Waals surface area contributed by atoms with Gasteiger partial charge in [-0.15, -0.1) is 12.4 Å². The first kappa shape index (κ1) is 16.8. The molecular formula is C16H20ClNO4. The molecule has 1 aromatic rings. The monoisotopic (exact) mass is 325 g/mol. The lowest BCUT2D eigenvalue weighted by atomic mass is 9.87. The molecule has 0 radical (unpaired) electrons. The number of hydrogen-bond acceptors (Lipinski definition) is 4. The van der Waals surface area contributed by atoms with Crippen LogP contribution in [0.2, 0.25) is 0 Å². The van der Waals surface area contributed by atoms with Gasteiger partial charge in [0.05, 0.1) is 5.56 Å². The molecule has 4 unspecified atom stereocenters. The Kier molecular flexibility index (Phi) is 5.08. The van der Waals surface area contributed by atoms with Gasteiger partial charge < -0.3 is 9.84 Å². The van der Waals surface area contributed by atoms with Crippen LogP contribution in [0.4, 0.5) is 0 Å². The van der Waals surface area contributed by atoms with Gasteiger partial charge in [0.2, 0.25) is 0 Å². The van der Waals surface area contributed by atoms with Crippen LogP contribution in [0.1, 0.15) is 29.6 Å². The van der Waals surface area contributed by atoms with Crippen LogP contribution in [0.5, 0.6) is 0 Å². The Morgan fingerprint density at radius 2 is 1.91 bits per heavy atom. The molecule has 5 nitrogen and oxygen atoms in total. The summed E-state index contributed by atoms with van der Waals surface area (Å²) in [6.07, 6.45) is 1.90. The maximum absolute atomic E-state index is 12.2. The molecule has 2 saturated heterocycles. The number of nitrogens with zero attached hydrogens (tertiary/aromatic N) is 1. The summed E-state index contributed by atoms with van der Waals surface area (Å²) in [5.74, 6) is -1.95. The fourth-order valence-electron chi connectivity index (χ4n) is 3.65. The van der Waals surface area contributed by atoms with Crippen LogP contribution in [0.3, 0.4) is 0 Å². The molecule has 4 atom stereocenters. The summed E-state index contributed by atoms with van der Waals surface area (Å²) in [6.45, 7) is 0. The Balaban J connectivity index is 0.00000176. The molecule has 1 aromatic carbocycles. The molecule has 0 spiro atoms. The molecule has 0 aliphatic carbocycles. The number of hydrogen-bond donors (Lipinski definition) is 1. The molecule has 120 valence electrons. The number of esters is 1. The second kappa shape index (κ2) is 6.67. The average Bonchev–Trinajstić information content (AvgIpc) is 2.72. The van der Waals surface area contributed by atoms with Gasteiger partial charge in [0, 0.05) is 18.5 Å². The molecule has 2 heterocycles.